The van der Waals surface area contributed by atoms with Crippen LogP contribution in [-0.2, 0) is 14.3 Å². The molecule has 4 rings (SSSR count). The molecule has 0 bridgehead atoms. The van der Waals surface area contributed by atoms with Gasteiger partial charge in [-0.3, -0.25) is 14.4 Å². The van der Waals surface area contributed by atoms with E-state index in [4.69, 9.17) is 4.74 Å². The molecule has 1 unspecified atom stereocenters. The molecule has 2 saturated heterocycles. The molecule has 1 N–H and O–H groups in total. The van der Waals surface area contributed by atoms with Crippen molar-refractivity contribution in [2.75, 3.05) is 36.1 Å². The van der Waals surface area contributed by atoms with Crippen LogP contribution in [0.5, 0.6) is 0 Å². The third-order valence-corrected chi connectivity index (χ3v) is 6.38. The zero-order valence-electron chi connectivity index (χ0n) is 15.7. The van der Waals surface area contributed by atoms with Gasteiger partial charge in [0.05, 0.1) is 22.6 Å². The Morgan fingerprint density at radius 2 is 2.14 bits per heavy atom. The van der Waals surface area contributed by atoms with Gasteiger partial charge in [-0.1, -0.05) is 0 Å². The predicted molar refractivity (Wildman–Crippen MR) is 112 cm³/mol. The van der Waals surface area contributed by atoms with Crippen molar-refractivity contribution >= 4 is 56.4 Å². The van der Waals surface area contributed by atoms with Gasteiger partial charge in [-0.2, -0.15) is 0 Å². The number of thiazole rings is 1. The third-order valence-electron chi connectivity index (χ3n) is 4.90. The van der Waals surface area contributed by atoms with Crippen molar-refractivity contribution in [3.05, 3.63) is 38.8 Å². The number of hydrogen-bond acceptors (Lipinski definition) is 6. The van der Waals surface area contributed by atoms with Gasteiger partial charge >= 0.3 is 0 Å². The van der Waals surface area contributed by atoms with Gasteiger partial charge in [-0.25, -0.2) is 4.98 Å². The molecular weight excluding hydrogens is 460 g/mol. The number of morpholine rings is 1. The zero-order chi connectivity index (χ0) is 20.5. The topological polar surface area (TPSA) is 91.8 Å². The Kier molecular flexibility index (Phi) is 5.66. The van der Waals surface area contributed by atoms with Crippen LogP contribution in [0.3, 0.4) is 0 Å². The average molecular weight is 479 g/mol. The maximum atomic E-state index is 12.5. The number of carbonyl (C=O) groups excluding carboxylic acids is 3. The van der Waals surface area contributed by atoms with Gasteiger partial charge in [-0.05, 0) is 46.6 Å². The minimum absolute atomic E-state index is 0.0507. The molecular formula is C19H19BrN4O4S. The summed E-state index contributed by atoms with van der Waals surface area (Å²) in [6.45, 7) is 3.42. The fourth-order valence-corrected chi connectivity index (χ4v) is 4.65. The van der Waals surface area contributed by atoms with E-state index in [0.29, 0.717) is 24.7 Å². The van der Waals surface area contributed by atoms with Crippen LogP contribution in [-0.4, -0.2) is 55.1 Å². The molecule has 0 saturated carbocycles. The lowest BCUT2D eigenvalue weighted by atomic mass is 10.1. The average Bonchev–Trinajstić information content (AvgIpc) is 3.28. The van der Waals surface area contributed by atoms with E-state index in [1.165, 1.54) is 11.3 Å². The monoisotopic (exact) mass is 478 g/mol. The number of nitrogens with zero attached hydrogens (tertiary/aromatic N) is 3. The summed E-state index contributed by atoms with van der Waals surface area (Å²) in [4.78, 5) is 44.4. The first-order valence-electron chi connectivity index (χ1n) is 9.13. The van der Waals surface area contributed by atoms with Gasteiger partial charge in [0.15, 0.2) is 5.01 Å². The maximum Gasteiger partial charge on any atom is 0.280 e. The third kappa shape index (κ3) is 4.19. The van der Waals surface area contributed by atoms with E-state index in [1.807, 2.05) is 25.1 Å². The normalized spacial score (nSPS) is 19.7. The van der Waals surface area contributed by atoms with Gasteiger partial charge in [0.25, 0.3) is 11.8 Å². The van der Waals surface area contributed by atoms with Crippen molar-refractivity contribution in [1.29, 1.82) is 0 Å². The van der Waals surface area contributed by atoms with Gasteiger partial charge in [0.1, 0.15) is 6.61 Å². The lowest BCUT2D eigenvalue weighted by Crippen LogP contribution is -2.42. The largest absolute Gasteiger partial charge is 0.370 e. The second-order valence-electron chi connectivity index (χ2n) is 6.92. The molecule has 0 aliphatic carbocycles. The van der Waals surface area contributed by atoms with Crippen molar-refractivity contribution in [1.82, 2.24) is 10.3 Å². The Bertz CT molecular complexity index is 979. The standard InChI is InChI=1S/C19H19BrN4O4S/c1-11-6-13(2-3-14(11)23-4-5-28-10-17(23)26)24-9-12(7-16(24)25)22-18(27)19-21-8-15(20)29-19/h2-3,6,8,12H,4-5,7,9-10H2,1H3,(H,22,27). The van der Waals surface area contributed by atoms with Crippen LogP contribution >= 0.6 is 27.3 Å². The second-order valence-corrected chi connectivity index (χ2v) is 9.33. The molecule has 0 spiro atoms. The molecule has 1 aromatic carbocycles. The molecule has 8 nitrogen and oxygen atoms in total. The Morgan fingerprint density at radius 3 is 2.83 bits per heavy atom. The summed E-state index contributed by atoms with van der Waals surface area (Å²) in [5.41, 5.74) is 2.49. The molecule has 2 aromatic rings. The Labute approximate surface area is 180 Å². The Morgan fingerprint density at radius 1 is 1.31 bits per heavy atom. The fraction of sp³-hybridized carbons (Fsp3) is 0.368. The van der Waals surface area contributed by atoms with Crippen LogP contribution < -0.4 is 15.1 Å². The highest BCUT2D eigenvalue weighted by molar-refractivity contribution is 9.11. The van der Waals surface area contributed by atoms with E-state index in [1.54, 1.807) is 16.0 Å². The number of halogens is 1. The van der Waals surface area contributed by atoms with Gasteiger partial charge < -0.3 is 19.9 Å². The van der Waals surface area contributed by atoms with Crippen molar-refractivity contribution in [2.45, 2.75) is 19.4 Å². The molecule has 0 radical (unpaired) electrons. The lowest BCUT2D eigenvalue weighted by molar-refractivity contribution is -0.125. The number of nitrogens with one attached hydrogen (secondary N) is 1. The van der Waals surface area contributed by atoms with Crippen molar-refractivity contribution < 1.29 is 19.1 Å². The number of hydrogen-bond donors (Lipinski definition) is 1. The number of aryl methyl sites for hydroxylation is 1. The molecule has 152 valence electrons. The van der Waals surface area contributed by atoms with Gasteiger partial charge in [0, 0.05) is 30.9 Å². The number of aromatic nitrogens is 1. The maximum absolute atomic E-state index is 12.5. The molecule has 1 aromatic heterocycles. The van der Waals surface area contributed by atoms with Crippen LogP contribution in [0.1, 0.15) is 21.8 Å². The summed E-state index contributed by atoms with van der Waals surface area (Å²) in [6, 6.07) is 5.32. The van der Waals surface area contributed by atoms with Crippen molar-refractivity contribution in [2.24, 2.45) is 0 Å². The summed E-state index contributed by atoms with van der Waals surface area (Å²) >= 11 is 4.54. The smallest absolute Gasteiger partial charge is 0.280 e. The summed E-state index contributed by atoms with van der Waals surface area (Å²) in [6.07, 6.45) is 1.82. The predicted octanol–water partition coefficient (Wildman–Crippen LogP) is 2.11. The fourth-order valence-electron chi connectivity index (χ4n) is 3.54. The molecule has 2 fully saturated rings. The number of amides is 3. The first-order valence-corrected chi connectivity index (χ1v) is 10.7. The van der Waals surface area contributed by atoms with Crippen LogP contribution in [0.2, 0.25) is 0 Å². The first-order chi connectivity index (χ1) is 13.9. The SMILES string of the molecule is Cc1cc(N2CC(NC(=O)c3ncc(Br)s3)CC2=O)ccc1N1CCOCC1=O. The molecule has 2 aliphatic heterocycles. The quantitative estimate of drug-likeness (QED) is 0.726. The second kappa shape index (κ2) is 8.21. The Balaban J connectivity index is 1.46. The molecule has 3 amide bonds. The zero-order valence-corrected chi connectivity index (χ0v) is 18.1. The van der Waals surface area contributed by atoms with Crippen molar-refractivity contribution in [3.8, 4) is 0 Å². The highest BCUT2D eigenvalue weighted by Gasteiger charge is 2.32. The van der Waals surface area contributed by atoms with E-state index in [0.717, 1.165) is 20.7 Å². The van der Waals surface area contributed by atoms with Gasteiger partial charge in [-0.15, -0.1) is 11.3 Å². The number of anilines is 2. The molecule has 3 heterocycles. The summed E-state index contributed by atoms with van der Waals surface area (Å²) in [5, 5.41) is 3.24. The summed E-state index contributed by atoms with van der Waals surface area (Å²) in [7, 11) is 0. The number of rotatable bonds is 4. The molecule has 10 heteroatoms. The van der Waals surface area contributed by atoms with Crippen LogP contribution in [0.25, 0.3) is 0 Å². The minimum Gasteiger partial charge on any atom is -0.370 e. The van der Waals surface area contributed by atoms with E-state index in [-0.39, 0.29) is 36.8 Å². The van der Waals surface area contributed by atoms with Gasteiger partial charge in [0.2, 0.25) is 5.91 Å². The molecule has 2 aliphatic rings. The van der Waals surface area contributed by atoms with Crippen molar-refractivity contribution in [3.63, 3.8) is 0 Å². The Hall–Kier alpha value is -2.30. The summed E-state index contributed by atoms with van der Waals surface area (Å²) < 4.78 is 5.96. The first kappa shape index (κ1) is 20.0. The summed E-state index contributed by atoms with van der Waals surface area (Å²) in [5.74, 6) is -0.399. The highest BCUT2D eigenvalue weighted by atomic mass is 79.9. The van der Waals surface area contributed by atoms with E-state index in [2.05, 4.69) is 26.2 Å². The number of ether oxygens (including phenoxy) is 1. The lowest BCUT2D eigenvalue weighted by Gasteiger charge is -2.29. The van der Waals surface area contributed by atoms with E-state index < -0.39 is 0 Å². The number of benzene rings is 1. The highest BCUT2D eigenvalue weighted by Crippen LogP contribution is 2.29. The molecule has 29 heavy (non-hydrogen) atoms. The van der Waals surface area contributed by atoms with Crippen LogP contribution in [0, 0.1) is 6.92 Å². The number of carbonyl (C=O) groups is 3. The minimum atomic E-state index is -0.280. The van der Waals surface area contributed by atoms with Crippen LogP contribution in [0.4, 0.5) is 11.4 Å². The van der Waals surface area contributed by atoms with Crippen LogP contribution in [0.15, 0.2) is 28.2 Å². The van der Waals surface area contributed by atoms with E-state index >= 15 is 0 Å². The molecule has 1 atom stereocenters. The van der Waals surface area contributed by atoms with E-state index in [9.17, 15) is 14.4 Å².